The van der Waals surface area contributed by atoms with Crippen molar-refractivity contribution in [3.63, 3.8) is 0 Å². The maximum absolute atomic E-state index is 5.83. The summed E-state index contributed by atoms with van der Waals surface area (Å²) < 4.78 is 0. The fourth-order valence-corrected chi connectivity index (χ4v) is 3.23. The van der Waals surface area contributed by atoms with E-state index >= 15 is 0 Å². The number of nitrogens with one attached hydrogen (secondary N) is 2. The van der Waals surface area contributed by atoms with Gasteiger partial charge in [-0.05, 0) is 47.9 Å². The lowest BCUT2D eigenvalue weighted by Gasteiger charge is -2.09. The molecule has 3 aromatic rings. The summed E-state index contributed by atoms with van der Waals surface area (Å²) >= 11 is 0. The van der Waals surface area contributed by atoms with Crippen LogP contribution in [-0.4, -0.2) is 33.0 Å². The zero-order chi connectivity index (χ0) is 18.5. The maximum atomic E-state index is 5.83. The monoisotopic (exact) mass is 361 g/mol. The van der Waals surface area contributed by atoms with Gasteiger partial charge in [-0.2, -0.15) is 15.0 Å². The lowest BCUT2D eigenvalue weighted by Crippen LogP contribution is -2.14. The van der Waals surface area contributed by atoms with Gasteiger partial charge in [0.05, 0.1) is 0 Å². The lowest BCUT2D eigenvalue weighted by molar-refractivity contribution is 0.830. The third kappa shape index (κ3) is 4.69. The van der Waals surface area contributed by atoms with Crippen LogP contribution in [0.15, 0.2) is 54.9 Å². The second-order valence-electron chi connectivity index (χ2n) is 6.77. The van der Waals surface area contributed by atoms with Gasteiger partial charge in [0.15, 0.2) is 0 Å². The molecule has 27 heavy (non-hydrogen) atoms. The van der Waals surface area contributed by atoms with Gasteiger partial charge in [-0.15, -0.1) is 0 Å². The van der Waals surface area contributed by atoms with Gasteiger partial charge in [0.1, 0.15) is 0 Å². The highest BCUT2D eigenvalue weighted by Gasteiger charge is 2.37. The van der Waals surface area contributed by atoms with Crippen molar-refractivity contribution in [3.05, 3.63) is 66.0 Å². The first-order valence-electron chi connectivity index (χ1n) is 9.21. The quantitative estimate of drug-likeness (QED) is 0.567. The van der Waals surface area contributed by atoms with E-state index in [1.54, 1.807) is 0 Å². The van der Waals surface area contributed by atoms with Crippen molar-refractivity contribution < 1.29 is 0 Å². The molecule has 0 amide bonds. The topological polar surface area (TPSA) is 102 Å². The summed E-state index contributed by atoms with van der Waals surface area (Å²) in [5.41, 5.74) is 8.44. The van der Waals surface area contributed by atoms with E-state index in [2.05, 4.69) is 54.8 Å². The Morgan fingerprint density at radius 2 is 1.67 bits per heavy atom. The zero-order valence-electron chi connectivity index (χ0n) is 15.0. The lowest BCUT2D eigenvalue weighted by atomic mass is 10.1. The largest absolute Gasteiger partial charge is 0.368 e. The van der Waals surface area contributed by atoms with E-state index in [9.17, 15) is 0 Å². The van der Waals surface area contributed by atoms with E-state index in [1.165, 1.54) is 17.5 Å². The molecule has 4 rings (SSSR count). The Labute approximate surface area is 158 Å². The molecular weight excluding hydrogens is 338 g/mol. The van der Waals surface area contributed by atoms with Crippen molar-refractivity contribution in [1.29, 1.82) is 0 Å². The van der Waals surface area contributed by atoms with Crippen LogP contribution < -0.4 is 16.4 Å². The summed E-state index contributed by atoms with van der Waals surface area (Å²) in [7, 11) is 0. The summed E-state index contributed by atoms with van der Waals surface area (Å²) in [4.78, 5) is 16.9. The van der Waals surface area contributed by atoms with Crippen LogP contribution in [0.3, 0.4) is 0 Å². The van der Waals surface area contributed by atoms with Crippen LogP contribution in [0.5, 0.6) is 0 Å². The van der Waals surface area contributed by atoms with Crippen molar-refractivity contribution in [2.45, 2.75) is 18.8 Å². The Balaban J connectivity index is 1.29. The number of aromatic nitrogens is 4. The van der Waals surface area contributed by atoms with Crippen LogP contribution in [0.2, 0.25) is 0 Å². The predicted octanol–water partition coefficient (Wildman–Crippen LogP) is 2.72. The van der Waals surface area contributed by atoms with Crippen LogP contribution >= 0.6 is 0 Å². The summed E-state index contributed by atoms with van der Waals surface area (Å²) in [6.45, 7) is 1.56. The first kappa shape index (κ1) is 17.2. The molecule has 0 unspecified atom stereocenters. The standard InChI is InChI=1S/C20H23N7/c21-18-25-19(23-11-6-14-4-2-1-3-5-14)27-20(26-18)24-13-16-12-17(16)15-7-9-22-10-8-15/h1-5,7-10,16-17H,6,11-13H2,(H4,21,23,24,25,26,27)/t16-,17-/m0/s1. The molecule has 1 aliphatic carbocycles. The molecule has 1 aromatic carbocycles. The van der Waals surface area contributed by atoms with Gasteiger partial charge in [0.25, 0.3) is 0 Å². The van der Waals surface area contributed by atoms with Gasteiger partial charge in [-0.3, -0.25) is 4.98 Å². The number of pyridine rings is 1. The third-order valence-corrected chi connectivity index (χ3v) is 4.77. The fraction of sp³-hybridized carbons (Fsp3) is 0.300. The molecule has 1 saturated carbocycles. The van der Waals surface area contributed by atoms with E-state index < -0.39 is 0 Å². The number of anilines is 3. The number of hydrogen-bond donors (Lipinski definition) is 3. The van der Waals surface area contributed by atoms with E-state index in [-0.39, 0.29) is 5.95 Å². The summed E-state index contributed by atoms with van der Waals surface area (Å²) in [6, 6.07) is 14.5. The van der Waals surface area contributed by atoms with Crippen LogP contribution in [0.1, 0.15) is 23.5 Å². The highest BCUT2D eigenvalue weighted by Crippen LogP contribution is 2.47. The predicted molar refractivity (Wildman–Crippen MR) is 106 cm³/mol. The minimum absolute atomic E-state index is 0.219. The fourth-order valence-electron chi connectivity index (χ4n) is 3.23. The smallest absolute Gasteiger partial charge is 0.229 e. The van der Waals surface area contributed by atoms with Crippen molar-refractivity contribution in [2.24, 2.45) is 5.92 Å². The van der Waals surface area contributed by atoms with Gasteiger partial charge in [0.2, 0.25) is 17.8 Å². The second-order valence-corrected chi connectivity index (χ2v) is 6.77. The molecule has 0 radical (unpaired) electrons. The minimum atomic E-state index is 0.219. The normalized spacial score (nSPS) is 18.1. The first-order valence-corrected chi connectivity index (χ1v) is 9.21. The SMILES string of the molecule is Nc1nc(NCCc2ccccc2)nc(NC[C@@H]2C[C@H]2c2ccncc2)n1. The molecule has 2 atom stereocenters. The van der Waals surface area contributed by atoms with E-state index in [0.29, 0.717) is 23.7 Å². The van der Waals surface area contributed by atoms with Gasteiger partial charge in [-0.25, -0.2) is 0 Å². The van der Waals surface area contributed by atoms with Crippen molar-refractivity contribution >= 4 is 17.8 Å². The maximum Gasteiger partial charge on any atom is 0.229 e. The Bertz CT molecular complexity index is 870. The molecule has 7 nitrogen and oxygen atoms in total. The number of rotatable bonds is 8. The molecule has 138 valence electrons. The molecule has 4 N–H and O–H groups in total. The van der Waals surface area contributed by atoms with Crippen molar-refractivity contribution in [1.82, 2.24) is 19.9 Å². The molecule has 1 aliphatic rings. The molecule has 0 aliphatic heterocycles. The van der Waals surface area contributed by atoms with Crippen molar-refractivity contribution in [3.8, 4) is 0 Å². The molecule has 7 heteroatoms. The average molecular weight is 361 g/mol. The number of nitrogens with zero attached hydrogens (tertiary/aromatic N) is 4. The molecule has 2 heterocycles. The molecule has 0 spiro atoms. The summed E-state index contributed by atoms with van der Waals surface area (Å²) in [5.74, 6) is 2.41. The molecule has 1 fully saturated rings. The highest BCUT2D eigenvalue weighted by atomic mass is 15.2. The van der Waals surface area contributed by atoms with Gasteiger partial charge < -0.3 is 16.4 Å². The van der Waals surface area contributed by atoms with E-state index in [1.807, 2.05) is 30.6 Å². The Morgan fingerprint density at radius 1 is 0.926 bits per heavy atom. The summed E-state index contributed by atoms with van der Waals surface area (Å²) in [6.07, 6.45) is 5.75. The van der Waals surface area contributed by atoms with Crippen LogP contribution in [-0.2, 0) is 6.42 Å². The number of nitrogen functional groups attached to an aromatic ring is 1. The zero-order valence-corrected chi connectivity index (χ0v) is 15.0. The van der Waals surface area contributed by atoms with Crippen LogP contribution in [0.4, 0.5) is 17.8 Å². The van der Waals surface area contributed by atoms with E-state index in [4.69, 9.17) is 5.73 Å². The first-order chi connectivity index (χ1) is 13.3. The summed E-state index contributed by atoms with van der Waals surface area (Å²) in [5, 5.41) is 6.52. The van der Waals surface area contributed by atoms with E-state index in [0.717, 1.165) is 19.5 Å². The van der Waals surface area contributed by atoms with Crippen LogP contribution in [0.25, 0.3) is 0 Å². The van der Waals surface area contributed by atoms with Crippen LogP contribution in [0, 0.1) is 5.92 Å². The number of hydrogen-bond acceptors (Lipinski definition) is 7. The van der Waals surface area contributed by atoms with Gasteiger partial charge >= 0.3 is 0 Å². The Morgan fingerprint density at radius 3 is 2.44 bits per heavy atom. The molecule has 0 saturated heterocycles. The molecular formula is C20H23N7. The highest BCUT2D eigenvalue weighted by molar-refractivity contribution is 5.40. The molecule has 2 aromatic heterocycles. The third-order valence-electron chi connectivity index (χ3n) is 4.77. The average Bonchev–Trinajstić information content (AvgIpc) is 3.47. The number of nitrogens with two attached hydrogens (primary N) is 1. The van der Waals surface area contributed by atoms with Gasteiger partial charge in [-0.1, -0.05) is 30.3 Å². The van der Waals surface area contributed by atoms with Gasteiger partial charge in [0, 0.05) is 25.5 Å². The Hall–Kier alpha value is -3.22. The van der Waals surface area contributed by atoms with Crippen molar-refractivity contribution in [2.75, 3.05) is 29.5 Å². The second kappa shape index (κ2) is 7.99. The molecule has 0 bridgehead atoms. The number of benzene rings is 1. The minimum Gasteiger partial charge on any atom is -0.368 e. The Kier molecular flexibility index (Phi) is 5.09.